The Bertz CT molecular complexity index is 393. The van der Waals surface area contributed by atoms with Crippen molar-refractivity contribution >= 4 is 0 Å². The highest BCUT2D eigenvalue weighted by atomic mass is 14.6. The maximum absolute atomic E-state index is 3.98. The van der Waals surface area contributed by atoms with Crippen LogP contribution in [0.15, 0.2) is 42.7 Å². The predicted octanol–water partition coefficient (Wildman–Crippen LogP) is 2.86. The van der Waals surface area contributed by atoms with Crippen LogP contribution in [0.1, 0.15) is 5.56 Å². The van der Waals surface area contributed by atoms with Gasteiger partial charge in [0.05, 0.1) is 0 Å². The average molecular weight is 168 g/mol. The first kappa shape index (κ1) is 7.99. The summed E-state index contributed by atoms with van der Waals surface area (Å²) in [5.41, 5.74) is 3.62. The van der Waals surface area contributed by atoms with Gasteiger partial charge in [0.25, 0.3) is 0 Å². The van der Waals surface area contributed by atoms with Crippen LogP contribution < -0.4 is 0 Å². The van der Waals surface area contributed by atoms with Crippen LogP contribution in [0.4, 0.5) is 0 Å². The molecule has 0 bridgehead atoms. The largest absolute Gasteiger partial charge is 0.265 e. The van der Waals surface area contributed by atoms with E-state index in [0.29, 0.717) is 0 Å². The molecule has 0 spiro atoms. The normalized spacial score (nSPS) is 9.92. The van der Waals surface area contributed by atoms with E-state index < -0.39 is 0 Å². The Morgan fingerprint density at radius 3 is 2.54 bits per heavy atom. The molecule has 0 aliphatic carbocycles. The van der Waals surface area contributed by atoms with Crippen molar-refractivity contribution in [1.82, 2.24) is 4.98 Å². The second kappa shape index (κ2) is 3.40. The van der Waals surface area contributed by atoms with Crippen LogP contribution >= 0.6 is 0 Å². The zero-order valence-corrected chi connectivity index (χ0v) is 7.49. The van der Waals surface area contributed by atoms with Crippen LogP contribution in [-0.2, 0) is 0 Å². The summed E-state index contributed by atoms with van der Waals surface area (Å²) >= 11 is 0. The van der Waals surface area contributed by atoms with Gasteiger partial charge in [-0.2, -0.15) is 0 Å². The molecule has 0 unspecified atom stereocenters. The molecule has 2 rings (SSSR count). The quantitative estimate of drug-likeness (QED) is 0.638. The smallest absolute Gasteiger partial charge is 0.0273 e. The molecule has 1 aromatic heterocycles. The van der Waals surface area contributed by atoms with Gasteiger partial charge < -0.3 is 0 Å². The second-order valence-corrected chi connectivity index (χ2v) is 3.03. The van der Waals surface area contributed by atoms with Gasteiger partial charge in [-0.25, -0.2) is 0 Å². The summed E-state index contributed by atoms with van der Waals surface area (Å²) in [5.74, 6) is 0. The molecule has 0 saturated carbocycles. The van der Waals surface area contributed by atoms with E-state index in [9.17, 15) is 0 Å². The molecule has 1 radical (unpaired) electrons. The third-order valence-corrected chi connectivity index (χ3v) is 1.95. The minimum absolute atomic E-state index is 1.19. The van der Waals surface area contributed by atoms with Crippen LogP contribution in [-0.4, -0.2) is 4.98 Å². The second-order valence-electron chi connectivity index (χ2n) is 3.03. The van der Waals surface area contributed by atoms with Gasteiger partial charge in [-0.15, -0.1) is 0 Å². The van der Waals surface area contributed by atoms with Crippen LogP contribution in [0, 0.1) is 13.0 Å². The first-order chi connectivity index (χ1) is 6.36. The number of hydrogen-bond donors (Lipinski definition) is 0. The van der Waals surface area contributed by atoms with Gasteiger partial charge in [-0.05, 0) is 47.9 Å². The zero-order valence-electron chi connectivity index (χ0n) is 7.49. The molecule has 0 atom stereocenters. The molecule has 0 aliphatic heterocycles. The number of pyridine rings is 1. The first-order valence-electron chi connectivity index (χ1n) is 4.24. The van der Waals surface area contributed by atoms with Crippen LogP contribution in [0.25, 0.3) is 11.1 Å². The standard InChI is InChI=1S/C12H10N/c1-10-3-2-4-12(9-10)11-5-7-13-8-6-11/h3-9H,1H3. The highest BCUT2D eigenvalue weighted by Gasteiger charge is 1.95. The summed E-state index contributed by atoms with van der Waals surface area (Å²) in [6.07, 6.45) is 3.61. The molecule has 0 N–H and O–H groups in total. The van der Waals surface area contributed by atoms with E-state index in [2.05, 4.69) is 24.0 Å². The number of nitrogens with zero attached hydrogens (tertiary/aromatic N) is 1. The third-order valence-electron chi connectivity index (χ3n) is 1.95. The molecule has 2 aromatic rings. The molecule has 0 amide bonds. The first-order valence-corrected chi connectivity index (χ1v) is 4.24. The Kier molecular flexibility index (Phi) is 2.09. The van der Waals surface area contributed by atoms with Crippen molar-refractivity contribution in [3.05, 3.63) is 54.4 Å². The lowest BCUT2D eigenvalue weighted by Crippen LogP contribution is -1.79. The molecule has 0 fully saturated rings. The fourth-order valence-corrected chi connectivity index (χ4v) is 1.30. The van der Waals surface area contributed by atoms with Gasteiger partial charge in [-0.1, -0.05) is 12.1 Å². The van der Waals surface area contributed by atoms with E-state index >= 15 is 0 Å². The summed E-state index contributed by atoms with van der Waals surface area (Å²) in [6, 6.07) is 13.2. The van der Waals surface area contributed by atoms with Gasteiger partial charge in [0.15, 0.2) is 0 Å². The summed E-state index contributed by atoms with van der Waals surface area (Å²) in [6.45, 7) is 2.07. The zero-order chi connectivity index (χ0) is 9.10. The van der Waals surface area contributed by atoms with Crippen molar-refractivity contribution in [2.24, 2.45) is 0 Å². The fourth-order valence-electron chi connectivity index (χ4n) is 1.30. The summed E-state index contributed by atoms with van der Waals surface area (Å²) in [4.78, 5) is 3.98. The number of aromatic nitrogens is 1. The third kappa shape index (κ3) is 1.75. The Morgan fingerprint density at radius 2 is 1.85 bits per heavy atom. The lowest BCUT2D eigenvalue weighted by Gasteiger charge is -2.00. The molecular weight excluding hydrogens is 158 g/mol. The van der Waals surface area contributed by atoms with Crippen molar-refractivity contribution in [3.8, 4) is 11.1 Å². The topological polar surface area (TPSA) is 12.9 Å². The summed E-state index contributed by atoms with van der Waals surface area (Å²) in [7, 11) is 0. The van der Waals surface area contributed by atoms with Gasteiger partial charge in [0.2, 0.25) is 0 Å². The van der Waals surface area contributed by atoms with E-state index in [-0.39, 0.29) is 0 Å². The Balaban J connectivity index is 2.48. The number of rotatable bonds is 1. The van der Waals surface area contributed by atoms with E-state index in [1.807, 2.05) is 24.3 Å². The maximum atomic E-state index is 3.98. The number of hydrogen-bond acceptors (Lipinski definition) is 1. The number of aryl methyl sites for hydroxylation is 1. The Morgan fingerprint density at radius 1 is 1.08 bits per heavy atom. The minimum Gasteiger partial charge on any atom is -0.265 e. The lowest BCUT2D eigenvalue weighted by atomic mass is 10.1. The lowest BCUT2D eigenvalue weighted by molar-refractivity contribution is 1.33. The monoisotopic (exact) mass is 168 g/mol. The molecule has 1 heteroatoms. The molecular formula is C12H10N. The van der Waals surface area contributed by atoms with Gasteiger partial charge in [0.1, 0.15) is 0 Å². The maximum Gasteiger partial charge on any atom is 0.0273 e. The van der Waals surface area contributed by atoms with E-state index in [1.165, 1.54) is 16.7 Å². The highest BCUT2D eigenvalue weighted by Crippen LogP contribution is 2.18. The van der Waals surface area contributed by atoms with Crippen LogP contribution in [0.3, 0.4) is 0 Å². The molecule has 1 heterocycles. The summed E-state index contributed by atoms with van der Waals surface area (Å²) < 4.78 is 0. The molecule has 1 nitrogen and oxygen atoms in total. The SMILES string of the molecule is Cc1c[c]cc(-c2ccncc2)c1. The van der Waals surface area contributed by atoms with Crippen LogP contribution in [0.2, 0.25) is 0 Å². The van der Waals surface area contributed by atoms with E-state index in [1.54, 1.807) is 12.4 Å². The number of benzene rings is 1. The highest BCUT2D eigenvalue weighted by molar-refractivity contribution is 5.63. The molecule has 0 saturated heterocycles. The van der Waals surface area contributed by atoms with E-state index in [4.69, 9.17) is 0 Å². The van der Waals surface area contributed by atoms with Gasteiger partial charge in [-0.3, -0.25) is 4.98 Å². The molecule has 13 heavy (non-hydrogen) atoms. The Hall–Kier alpha value is -1.63. The van der Waals surface area contributed by atoms with Crippen molar-refractivity contribution in [2.45, 2.75) is 6.92 Å². The van der Waals surface area contributed by atoms with Crippen molar-refractivity contribution < 1.29 is 0 Å². The predicted molar refractivity (Wildman–Crippen MR) is 53.2 cm³/mol. The summed E-state index contributed by atoms with van der Waals surface area (Å²) in [5, 5.41) is 0. The Labute approximate surface area is 78.1 Å². The average Bonchev–Trinajstić information content (AvgIpc) is 2.19. The van der Waals surface area contributed by atoms with Gasteiger partial charge in [0, 0.05) is 12.4 Å². The van der Waals surface area contributed by atoms with Crippen molar-refractivity contribution in [3.63, 3.8) is 0 Å². The van der Waals surface area contributed by atoms with E-state index in [0.717, 1.165) is 0 Å². The van der Waals surface area contributed by atoms with Crippen molar-refractivity contribution in [1.29, 1.82) is 0 Å². The molecule has 0 aliphatic rings. The molecule has 1 aromatic carbocycles. The fraction of sp³-hybridized carbons (Fsp3) is 0.0833. The van der Waals surface area contributed by atoms with Gasteiger partial charge >= 0.3 is 0 Å². The molecule has 63 valence electrons. The van der Waals surface area contributed by atoms with Crippen LogP contribution in [0.5, 0.6) is 0 Å². The van der Waals surface area contributed by atoms with Crippen molar-refractivity contribution in [2.75, 3.05) is 0 Å². The minimum atomic E-state index is 1.19.